The summed E-state index contributed by atoms with van der Waals surface area (Å²) >= 11 is 0. The van der Waals surface area contributed by atoms with E-state index in [-0.39, 0.29) is 4.91 Å². The van der Waals surface area contributed by atoms with E-state index in [0.717, 1.165) is 5.70 Å². The first-order valence-corrected chi connectivity index (χ1v) is 8.50. The molecule has 0 fully saturated rings. The van der Waals surface area contributed by atoms with Crippen molar-refractivity contribution >= 4 is 10.1 Å². The number of benzene rings is 1. The summed E-state index contributed by atoms with van der Waals surface area (Å²) in [6, 6.07) is 8.47. The van der Waals surface area contributed by atoms with E-state index in [1.54, 1.807) is 6.08 Å². The van der Waals surface area contributed by atoms with Gasteiger partial charge in [-0.05, 0) is 42.0 Å². The van der Waals surface area contributed by atoms with Crippen LogP contribution in [0.2, 0.25) is 0 Å². The molecule has 0 spiro atoms. The van der Waals surface area contributed by atoms with E-state index in [1.807, 2.05) is 0 Å². The molecule has 114 valence electrons. The molecule has 0 atom stereocenters. The highest BCUT2D eigenvalue weighted by Crippen LogP contribution is 2.21. The van der Waals surface area contributed by atoms with Gasteiger partial charge < -0.3 is 5.32 Å². The zero-order valence-corrected chi connectivity index (χ0v) is 13.2. The van der Waals surface area contributed by atoms with Crippen LogP contribution in [0.25, 0.3) is 0 Å². The SMILES string of the molecule is CC(C)c1ccc(CNC2=CC=C(S(=O)(=O)O)CC2)cc1. The van der Waals surface area contributed by atoms with Crippen LogP contribution in [0.4, 0.5) is 0 Å². The molecule has 1 aliphatic rings. The highest BCUT2D eigenvalue weighted by atomic mass is 32.2. The fourth-order valence-corrected chi connectivity index (χ4v) is 2.82. The highest BCUT2D eigenvalue weighted by Gasteiger charge is 2.16. The molecule has 21 heavy (non-hydrogen) atoms. The number of hydrogen-bond donors (Lipinski definition) is 2. The van der Waals surface area contributed by atoms with E-state index in [0.29, 0.717) is 25.3 Å². The average molecular weight is 307 g/mol. The Kier molecular flexibility index (Phi) is 4.85. The van der Waals surface area contributed by atoms with Gasteiger partial charge in [0.25, 0.3) is 10.1 Å². The molecule has 1 aliphatic carbocycles. The molecule has 0 bridgehead atoms. The van der Waals surface area contributed by atoms with Crippen molar-refractivity contribution in [3.8, 4) is 0 Å². The Hall–Kier alpha value is -1.59. The van der Waals surface area contributed by atoms with Gasteiger partial charge in [-0.3, -0.25) is 4.55 Å². The largest absolute Gasteiger partial charge is 0.384 e. The molecule has 2 N–H and O–H groups in total. The van der Waals surface area contributed by atoms with Crippen LogP contribution in [-0.2, 0) is 16.7 Å². The predicted molar refractivity (Wildman–Crippen MR) is 84.3 cm³/mol. The third-order valence-corrected chi connectivity index (χ3v) is 4.61. The van der Waals surface area contributed by atoms with Crippen LogP contribution in [0.5, 0.6) is 0 Å². The minimum atomic E-state index is -4.04. The van der Waals surface area contributed by atoms with E-state index >= 15 is 0 Å². The monoisotopic (exact) mass is 307 g/mol. The zero-order valence-electron chi connectivity index (χ0n) is 12.3. The summed E-state index contributed by atoms with van der Waals surface area (Å²) in [5.74, 6) is 0.525. The number of rotatable bonds is 5. The number of allylic oxidation sites excluding steroid dienone is 4. The maximum Gasteiger partial charge on any atom is 0.290 e. The predicted octanol–water partition coefficient (Wildman–Crippen LogP) is 3.35. The van der Waals surface area contributed by atoms with Gasteiger partial charge in [-0.15, -0.1) is 0 Å². The standard InChI is InChI=1S/C16H21NO3S/c1-12(2)14-5-3-13(4-6-14)11-17-15-7-9-16(10-8-15)21(18,19)20/h3-7,9,12,17H,8,10-11H2,1-2H3,(H,18,19,20). The second kappa shape index (κ2) is 6.45. The number of hydrogen-bond acceptors (Lipinski definition) is 3. The lowest BCUT2D eigenvalue weighted by atomic mass is 10.0. The van der Waals surface area contributed by atoms with Gasteiger partial charge in [-0.2, -0.15) is 8.42 Å². The highest BCUT2D eigenvalue weighted by molar-refractivity contribution is 7.89. The molecule has 5 heteroatoms. The molecular formula is C16H21NO3S. The first kappa shape index (κ1) is 15.8. The fourth-order valence-electron chi connectivity index (χ4n) is 2.22. The second-order valence-corrected chi connectivity index (χ2v) is 7.02. The van der Waals surface area contributed by atoms with E-state index in [1.165, 1.54) is 17.2 Å². The van der Waals surface area contributed by atoms with E-state index in [4.69, 9.17) is 4.55 Å². The minimum Gasteiger partial charge on any atom is -0.384 e. The van der Waals surface area contributed by atoms with Crippen LogP contribution < -0.4 is 5.32 Å². The minimum absolute atomic E-state index is 0.0781. The topological polar surface area (TPSA) is 66.4 Å². The Labute approximate surface area is 126 Å². The summed E-state index contributed by atoms with van der Waals surface area (Å²) in [5.41, 5.74) is 3.48. The van der Waals surface area contributed by atoms with Crippen LogP contribution in [0.1, 0.15) is 43.7 Å². The van der Waals surface area contributed by atoms with Gasteiger partial charge >= 0.3 is 0 Å². The normalized spacial score (nSPS) is 15.6. The Bertz CT molecular complexity index is 655. The molecule has 0 radical (unpaired) electrons. The lowest BCUT2D eigenvalue weighted by Crippen LogP contribution is -2.16. The first-order chi connectivity index (χ1) is 9.86. The van der Waals surface area contributed by atoms with Gasteiger partial charge in [-0.25, -0.2) is 0 Å². The average Bonchev–Trinajstić information content (AvgIpc) is 2.45. The molecule has 0 amide bonds. The first-order valence-electron chi connectivity index (χ1n) is 7.06. The van der Waals surface area contributed by atoms with Gasteiger partial charge in [0.1, 0.15) is 0 Å². The molecule has 0 aromatic heterocycles. The van der Waals surface area contributed by atoms with E-state index < -0.39 is 10.1 Å². The van der Waals surface area contributed by atoms with Crippen LogP contribution in [0, 0.1) is 0 Å². The molecule has 2 rings (SSSR count). The van der Waals surface area contributed by atoms with Crippen molar-refractivity contribution in [2.24, 2.45) is 0 Å². The van der Waals surface area contributed by atoms with Crippen LogP contribution >= 0.6 is 0 Å². The van der Waals surface area contributed by atoms with E-state index in [2.05, 4.69) is 43.4 Å². The third kappa shape index (κ3) is 4.44. The maximum absolute atomic E-state index is 11.0. The lowest BCUT2D eigenvalue weighted by Gasteiger charge is -2.15. The molecule has 1 aromatic carbocycles. The molecule has 0 aliphatic heterocycles. The van der Waals surface area contributed by atoms with Crippen molar-refractivity contribution in [3.05, 3.63) is 58.1 Å². The molecular weight excluding hydrogens is 286 g/mol. The smallest absolute Gasteiger partial charge is 0.290 e. The van der Waals surface area contributed by atoms with Gasteiger partial charge in [0.15, 0.2) is 0 Å². The van der Waals surface area contributed by atoms with Crippen molar-refractivity contribution in [1.29, 1.82) is 0 Å². The summed E-state index contributed by atoms with van der Waals surface area (Å²) in [5, 5.41) is 3.30. The fraction of sp³-hybridized carbons (Fsp3) is 0.375. The van der Waals surface area contributed by atoms with Crippen molar-refractivity contribution in [2.75, 3.05) is 0 Å². The van der Waals surface area contributed by atoms with Crippen molar-refractivity contribution in [3.63, 3.8) is 0 Å². The Morgan fingerprint density at radius 2 is 1.81 bits per heavy atom. The summed E-state index contributed by atoms with van der Waals surface area (Å²) in [7, 11) is -4.04. The summed E-state index contributed by atoms with van der Waals surface area (Å²) < 4.78 is 31.0. The van der Waals surface area contributed by atoms with Crippen molar-refractivity contribution in [1.82, 2.24) is 5.32 Å². The van der Waals surface area contributed by atoms with Gasteiger partial charge in [0, 0.05) is 12.2 Å². The summed E-state index contributed by atoms with van der Waals surface area (Å²) in [6.45, 7) is 5.04. The van der Waals surface area contributed by atoms with Gasteiger partial charge in [0.2, 0.25) is 0 Å². The van der Waals surface area contributed by atoms with Gasteiger partial charge in [0.05, 0.1) is 4.91 Å². The van der Waals surface area contributed by atoms with Crippen LogP contribution in [-0.4, -0.2) is 13.0 Å². The molecule has 1 aromatic rings. The second-order valence-electron chi connectivity index (χ2n) is 5.55. The van der Waals surface area contributed by atoms with Crippen LogP contribution in [0.15, 0.2) is 47.0 Å². The van der Waals surface area contributed by atoms with Gasteiger partial charge in [-0.1, -0.05) is 38.1 Å². The summed E-state index contributed by atoms with van der Waals surface area (Å²) in [4.78, 5) is 0.0781. The Morgan fingerprint density at radius 1 is 1.14 bits per heavy atom. The Morgan fingerprint density at radius 3 is 2.29 bits per heavy atom. The lowest BCUT2D eigenvalue weighted by molar-refractivity contribution is 0.488. The maximum atomic E-state index is 11.0. The quantitative estimate of drug-likeness (QED) is 0.819. The van der Waals surface area contributed by atoms with E-state index in [9.17, 15) is 8.42 Å². The zero-order chi connectivity index (χ0) is 15.5. The third-order valence-electron chi connectivity index (χ3n) is 3.61. The van der Waals surface area contributed by atoms with Crippen molar-refractivity contribution < 1.29 is 13.0 Å². The number of nitrogens with one attached hydrogen (secondary N) is 1. The molecule has 0 saturated heterocycles. The van der Waals surface area contributed by atoms with Crippen molar-refractivity contribution in [2.45, 2.75) is 39.2 Å². The summed E-state index contributed by atoms with van der Waals surface area (Å²) in [6.07, 6.45) is 4.11. The molecule has 4 nitrogen and oxygen atoms in total. The molecule has 0 saturated carbocycles. The van der Waals surface area contributed by atoms with Crippen LogP contribution in [0.3, 0.4) is 0 Å². The molecule has 0 heterocycles. The molecule has 0 unspecified atom stereocenters. The Balaban J connectivity index is 1.95.